The van der Waals surface area contributed by atoms with Gasteiger partial charge in [-0.05, 0) is 37.8 Å². The first-order valence-electron chi connectivity index (χ1n) is 9.85. The van der Waals surface area contributed by atoms with Crippen LogP contribution in [0.4, 0.5) is 5.82 Å². The highest BCUT2D eigenvalue weighted by Gasteiger charge is 2.35. The molecule has 2 fully saturated rings. The van der Waals surface area contributed by atoms with Gasteiger partial charge in [-0.3, -0.25) is 4.79 Å². The molecule has 0 radical (unpaired) electrons. The number of hydrogen-bond donors (Lipinski definition) is 1. The zero-order valence-electron chi connectivity index (χ0n) is 16.6. The predicted octanol–water partition coefficient (Wildman–Crippen LogP) is 0.996. The van der Waals surface area contributed by atoms with Crippen molar-refractivity contribution >= 4 is 21.7 Å². The van der Waals surface area contributed by atoms with Gasteiger partial charge in [0.15, 0.2) is 0 Å². The second-order valence-electron chi connectivity index (χ2n) is 7.63. The lowest BCUT2D eigenvalue weighted by Crippen LogP contribution is -2.58. The van der Waals surface area contributed by atoms with Crippen molar-refractivity contribution in [2.75, 3.05) is 37.4 Å². The van der Waals surface area contributed by atoms with E-state index in [0.29, 0.717) is 19.6 Å². The Morgan fingerprint density at radius 1 is 1.25 bits per heavy atom. The van der Waals surface area contributed by atoms with Crippen LogP contribution in [0.1, 0.15) is 32.6 Å². The van der Waals surface area contributed by atoms with Crippen LogP contribution in [0.25, 0.3) is 0 Å². The summed E-state index contributed by atoms with van der Waals surface area (Å²) >= 11 is 0. The first kappa shape index (κ1) is 21.0. The van der Waals surface area contributed by atoms with Gasteiger partial charge in [-0.2, -0.15) is 0 Å². The minimum atomic E-state index is -3.34. The summed E-state index contributed by atoms with van der Waals surface area (Å²) in [6, 6.07) is 5.33. The predicted molar refractivity (Wildman–Crippen MR) is 108 cm³/mol. The highest BCUT2D eigenvalue weighted by atomic mass is 32.2. The van der Waals surface area contributed by atoms with Crippen molar-refractivity contribution in [2.45, 2.75) is 50.8 Å². The van der Waals surface area contributed by atoms with Gasteiger partial charge in [-0.25, -0.2) is 18.1 Å². The van der Waals surface area contributed by atoms with Gasteiger partial charge in [0.25, 0.3) is 0 Å². The Hall–Kier alpha value is -1.71. The molecule has 0 saturated carbocycles. The Morgan fingerprint density at radius 2 is 2.00 bits per heavy atom. The first-order valence-corrected chi connectivity index (χ1v) is 11.7. The number of pyridine rings is 1. The summed E-state index contributed by atoms with van der Waals surface area (Å²) in [5.41, 5.74) is 0. The number of carbonyl (C=O) groups excluding carboxylic acids is 1. The van der Waals surface area contributed by atoms with Crippen LogP contribution in [0.3, 0.4) is 0 Å². The van der Waals surface area contributed by atoms with Gasteiger partial charge in [0.1, 0.15) is 5.82 Å². The molecule has 156 valence electrons. The summed E-state index contributed by atoms with van der Waals surface area (Å²) in [4.78, 5) is 20.4. The average Bonchev–Trinajstić information content (AvgIpc) is 2.66. The molecule has 0 bridgehead atoms. The van der Waals surface area contributed by atoms with Crippen LogP contribution < -0.4 is 9.62 Å². The standard InChI is InChI=1S/C19H30N4O4S/c1-15(24)23-11-5-6-17(21-28(2,25)26)18(23)14-27-16-8-12-22(13-9-16)19-7-3-4-10-20-19/h3-4,7,10,16-18,21H,5-6,8-9,11-14H2,1-2H3/t17-,18-/m0/s1. The molecule has 2 saturated heterocycles. The third-order valence-electron chi connectivity index (χ3n) is 5.47. The van der Waals surface area contributed by atoms with Crippen molar-refractivity contribution in [3.8, 4) is 0 Å². The number of ether oxygens (including phenoxy) is 1. The van der Waals surface area contributed by atoms with Gasteiger partial charge >= 0.3 is 0 Å². The van der Waals surface area contributed by atoms with Crippen molar-refractivity contribution < 1.29 is 17.9 Å². The number of anilines is 1. The number of likely N-dealkylation sites (tertiary alicyclic amines) is 1. The van der Waals surface area contributed by atoms with E-state index in [1.54, 1.807) is 11.1 Å². The Morgan fingerprint density at radius 3 is 2.61 bits per heavy atom. The summed E-state index contributed by atoms with van der Waals surface area (Å²) in [5.74, 6) is 0.937. The lowest BCUT2D eigenvalue weighted by Gasteiger charge is -2.42. The van der Waals surface area contributed by atoms with E-state index in [-0.39, 0.29) is 24.1 Å². The summed E-state index contributed by atoms with van der Waals surface area (Å²) < 4.78 is 32.3. The SMILES string of the molecule is CC(=O)N1CCC[C@H](NS(C)(=O)=O)[C@@H]1COC1CCN(c2ccccn2)CC1. The molecule has 1 aromatic heterocycles. The van der Waals surface area contributed by atoms with Gasteiger partial charge in [0.05, 0.1) is 25.0 Å². The van der Waals surface area contributed by atoms with E-state index in [0.717, 1.165) is 44.4 Å². The van der Waals surface area contributed by atoms with E-state index in [1.807, 2.05) is 18.2 Å². The molecule has 0 aliphatic carbocycles. The summed E-state index contributed by atoms with van der Waals surface area (Å²) in [5, 5.41) is 0. The van der Waals surface area contributed by atoms with E-state index in [9.17, 15) is 13.2 Å². The van der Waals surface area contributed by atoms with Gasteiger partial charge < -0.3 is 14.5 Å². The Kier molecular flexibility index (Phi) is 6.90. The zero-order valence-corrected chi connectivity index (χ0v) is 17.4. The second kappa shape index (κ2) is 9.19. The molecule has 0 spiro atoms. The number of nitrogens with zero attached hydrogens (tertiary/aromatic N) is 3. The van der Waals surface area contributed by atoms with Crippen LogP contribution in [-0.2, 0) is 19.6 Å². The van der Waals surface area contributed by atoms with Crippen LogP contribution >= 0.6 is 0 Å². The number of piperidine rings is 2. The molecule has 1 amide bonds. The van der Waals surface area contributed by atoms with Crippen molar-refractivity contribution in [3.63, 3.8) is 0 Å². The van der Waals surface area contributed by atoms with Gasteiger partial charge in [-0.1, -0.05) is 6.07 Å². The maximum atomic E-state index is 12.1. The molecule has 3 rings (SSSR count). The highest BCUT2D eigenvalue weighted by molar-refractivity contribution is 7.88. The fraction of sp³-hybridized carbons (Fsp3) is 0.684. The van der Waals surface area contributed by atoms with E-state index in [2.05, 4.69) is 14.6 Å². The lowest BCUT2D eigenvalue weighted by molar-refractivity contribution is -0.136. The summed E-state index contributed by atoms with van der Waals surface area (Å²) in [6.07, 6.45) is 6.32. The number of sulfonamides is 1. The van der Waals surface area contributed by atoms with Crippen LogP contribution in [0.5, 0.6) is 0 Å². The van der Waals surface area contributed by atoms with Gasteiger partial charge in [0.2, 0.25) is 15.9 Å². The maximum Gasteiger partial charge on any atom is 0.219 e. The fourth-order valence-electron chi connectivity index (χ4n) is 4.09. The summed E-state index contributed by atoms with van der Waals surface area (Å²) in [7, 11) is -3.34. The van der Waals surface area contributed by atoms with Crippen molar-refractivity contribution in [3.05, 3.63) is 24.4 Å². The average molecular weight is 411 g/mol. The number of nitrogens with one attached hydrogen (secondary N) is 1. The molecule has 28 heavy (non-hydrogen) atoms. The normalized spacial score (nSPS) is 24.4. The number of amides is 1. The summed E-state index contributed by atoms with van der Waals surface area (Å²) in [6.45, 7) is 4.26. The molecular weight excluding hydrogens is 380 g/mol. The smallest absolute Gasteiger partial charge is 0.219 e. The second-order valence-corrected chi connectivity index (χ2v) is 9.41. The molecule has 2 aliphatic heterocycles. The third kappa shape index (κ3) is 5.65. The topological polar surface area (TPSA) is 91.8 Å². The Bertz CT molecular complexity index is 750. The fourth-order valence-corrected chi connectivity index (χ4v) is 4.92. The molecule has 2 atom stereocenters. The van der Waals surface area contributed by atoms with Gasteiger partial charge in [-0.15, -0.1) is 0 Å². The van der Waals surface area contributed by atoms with Crippen molar-refractivity contribution in [2.24, 2.45) is 0 Å². The maximum absolute atomic E-state index is 12.1. The molecule has 1 N–H and O–H groups in total. The zero-order chi connectivity index (χ0) is 20.1. The molecule has 9 heteroatoms. The minimum Gasteiger partial charge on any atom is -0.376 e. The van der Waals surface area contributed by atoms with E-state index in [1.165, 1.54) is 6.92 Å². The number of carbonyl (C=O) groups is 1. The van der Waals surface area contributed by atoms with Gasteiger partial charge in [0, 0.05) is 38.8 Å². The molecule has 0 aromatic carbocycles. The van der Waals surface area contributed by atoms with Crippen molar-refractivity contribution in [1.29, 1.82) is 0 Å². The number of aromatic nitrogens is 1. The van der Waals surface area contributed by atoms with E-state index >= 15 is 0 Å². The molecule has 8 nitrogen and oxygen atoms in total. The third-order valence-corrected chi connectivity index (χ3v) is 6.20. The minimum absolute atomic E-state index is 0.0430. The van der Waals surface area contributed by atoms with Crippen LogP contribution in [-0.4, -0.2) is 74.9 Å². The highest BCUT2D eigenvalue weighted by Crippen LogP contribution is 2.23. The van der Waals surface area contributed by atoms with Crippen LogP contribution in [0, 0.1) is 0 Å². The largest absolute Gasteiger partial charge is 0.376 e. The molecule has 3 heterocycles. The quantitative estimate of drug-likeness (QED) is 0.752. The van der Waals surface area contributed by atoms with Crippen LogP contribution in [0.2, 0.25) is 0 Å². The Labute approximate surface area is 167 Å². The molecule has 0 unspecified atom stereocenters. The number of rotatable bonds is 6. The first-order chi connectivity index (χ1) is 13.3. The molecular formula is C19H30N4O4S. The van der Waals surface area contributed by atoms with E-state index in [4.69, 9.17) is 4.74 Å². The lowest BCUT2D eigenvalue weighted by atomic mass is 9.97. The molecule has 2 aliphatic rings. The van der Waals surface area contributed by atoms with Crippen LogP contribution in [0.15, 0.2) is 24.4 Å². The molecule has 1 aromatic rings. The Balaban J connectivity index is 1.57. The van der Waals surface area contributed by atoms with Crippen molar-refractivity contribution in [1.82, 2.24) is 14.6 Å². The number of hydrogen-bond acceptors (Lipinski definition) is 6. The van der Waals surface area contributed by atoms with E-state index < -0.39 is 10.0 Å². The monoisotopic (exact) mass is 410 g/mol.